The van der Waals surface area contributed by atoms with Gasteiger partial charge in [-0.15, -0.1) is 11.8 Å². The van der Waals surface area contributed by atoms with E-state index < -0.39 is 0 Å². The van der Waals surface area contributed by atoms with E-state index in [0.29, 0.717) is 17.1 Å². The van der Waals surface area contributed by atoms with Crippen LogP contribution in [0, 0.1) is 5.92 Å². The minimum Gasteiger partial charge on any atom is -0.319 e. The molecular weight excluding hydrogens is 226 g/mol. The van der Waals surface area contributed by atoms with Gasteiger partial charge in [-0.05, 0) is 36.6 Å². The normalized spacial score (nSPS) is 13.4. The second-order valence-corrected chi connectivity index (χ2v) is 6.79. The Morgan fingerprint density at radius 1 is 1.06 bits per heavy atom. The fourth-order valence-corrected chi connectivity index (χ4v) is 2.86. The van der Waals surface area contributed by atoms with Gasteiger partial charge in [0.1, 0.15) is 0 Å². The highest BCUT2D eigenvalue weighted by atomic mass is 32.2. The third-order valence-corrected chi connectivity index (χ3v) is 3.92. The van der Waals surface area contributed by atoms with E-state index in [1.165, 1.54) is 10.5 Å². The van der Waals surface area contributed by atoms with Gasteiger partial charge in [0.2, 0.25) is 0 Å². The lowest BCUT2D eigenvalue weighted by Crippen LogP contribution is -2.21. The maximum Gasteiger partial charge on any atom is 0.00747 e. The van der Waals surface area contributed by atoms with Crippen LogP contribution in [0.25, 0.3) is 0 Å². The third-order valence-electron chi connectivity index (χ3n) is 2.91. The summed E-state index contributed by atoms with van der Waals surface area (Å²) in [7, 11) is 2.03. The van der Waals surface area contributed by atoms with Crippen molar-refractivity contribution in [3.05, 3.63) is 29.8 Å². The Labute approximate surface area is 110 Å². The Hall–Kier alpha value is -0.470. The highest BCUT2D eigenvalue weighted by Crippen LogP contribution is 2.28. The Kier molecular flexibility index (Phi) is 6.07. The molecule has 96 valence electrons. The molecule has 1 unspecified atom stereocenters. The topological polar surface area (TPSA) is 12.0 Å². The van der Waals surface area contributed by atoms with Gasteiger partial charge in [-0.25, -0.2) is 0 Å². The second kappa shape index (κ2) is 7.07. The number of likely N-dealkylation sites (N-methyl/N-ethyl adjacent to an activating group) is 1. The van der Waals surface area contributed by atoms with E-state index in [4.69, 9.17) is 0 Å². The average Bonchev–Trinajstić information content (AvgIpc) is 2.26. The van der Waals surface area contributed by atoms with Gasteiger partial charge in [0.15, 0.2) is 0 Å². The van der Waals surface area contributed by atoms with Gasteiger partial charge in [0.25, 0.3) is 0 Å². The van der Waals surface area contributed by atoms with E-state index >= 15 is 0 Å². The lowest BCUT2D eigenvalue weighted by molar-refractivity contribution is 0.478. The molecule has 0 saturated heterocycles. The fraction of sp³-hybridized carbons (Fsp3) is 0.600. The van der Waals surface area contributed by atoms with Crippen LogP contribution in [0.15, 0.2) is 29.2 Å². The quantitative estimate of drug-likeness (QED) is 0.762. The van der Waals surface area contributed by atoms with Crippen LogP contribution < -0.4 is 5.32 Å². The van der Waals surface area contributed by atoms with Gasteiger partial charge < -0.3 is 5.32 Å². The van der Waals surface area contributed by atoms with Gasteiger partial charge in [-0.1, -0.05) is 39.8 Å². The van der Waals surface area contributed by atoms with Crippen molar-refractivity contribution in [3.63, 3.8) is 0 Å². The number of thioether (sulfide) groups is 1. The molecule has 1 nitrogen and oxygen atoms in total. The first kappa shape index (κ1) is 14.6. The van der Waals surface area contributed by atoms with Crippen molar-refractivity contribution >= 4 is 11.8 Å². The molecule has 1 aromatic carbocycles. The van der Waals surface area contributed by atoms with Crippen molar-refractivity contribution in [3.8, 4) is 0 Å². The van der Waals surface area contributed by atoms with Crippen molar-refractivity contribution in [2.45, 2.75) is 43.8 Å². The van der Waals surface area contributed by atoms with Crippen LogP contribution in [-0.2, 0) is 0 Å². The summed E-state index contributed by atoms with van der Waals surface area (Å²) < 4.78 is 0. The summed E-state index contributed by atoms with van der Waals surface area (Å²) in [6.45, 7) is 10.1. The summed E-state index contributed by atoms with van der Waals surface area (Å²) in [4.78, 5) is 1.37. The minimum absolute atomic E-state index is 0.609. The molecule has 0 radical (unpaired) electrons. The molecule has 1 N–H and O–H groups in total. The van der Waals surface area contributed by atoms with Crippen LogP contribution in [0.4, 0.5) is 0 Å². The molecule has 0 bridgehead atoms. The van der Waals surface area contributed by atoms with Crippen molar-refractivity contribution in [2.75, 3.05) is 13.6 Å². The van der Waals surface area contributed by atoms with Crippen molar-refractivity contribution < 1.29 is 0 Å². The van der Waals surface area contributed by atoms with Gasteiger partial charge in [-0.2, -0.15) is 0 Å². The Morgan fingerprint density at radius 3 is 2.06 bits per heavy atom. The zero-order chi connectivity index (χ0) is 12.8. The molecule has 0 aliphatic carbocycles. The summed E-state index contributed by atoms with van der Waals surface area (Å²) in [6, 6.07) is 9.08. The molecule has 0 heterocycles. The number of benzene rings is 1. The molecule has 0 fully saturated rings. The van der Waals surface area contributed by atoms with Crippen molar-refractivity contribution in [1.29, 1.82) is 0 Å². The summed E-state index contributed by atoms with van der Waals surface area (Å²) in [5, 5.41) is 3.94. The smallest absolute Gasteiger partial charge is 0.00747 e. The van der Waals surface area contributed by atoms with E-state index in [0.717, 1.165) is 6.54 Å². The molecule has 1 rings (SSSR count). The predicted octanol–water partition coefficient (Wildman–Crippen LogP) is 4.15. The summed E-state index contributed by atoms with van der Waals surface area (Å²) in [6.07, 6.45) is 0. The Balaban J connectivity index is 2.77. The number of hydrogen-bond acceptors (Lipinski definition) is 2. The van der Waals surface area contributed by atoms with E-state index in [2.05, 4.69) is 57.3 Å². The van der Waals surface area contributed by atoms with Crippen LogP contribution in [0.3, 0.4) is 0 Å². The molecule has 0 aliphatic heterocycles. The standard InChI is InChI=1S/C15H25NS/c1-11(2)15(10-16-5)13-6-8-14(9-7-13)17-12(3)4/h6-9,11-12,15-16H,10H2,1-5H3. The monoisotopic (exact) mass is 251 g/mol. The van der Waals surface area contributed by atoms with E-state index in [1.807, 2.05) is 18.8 Å². The predicted molar refractivity (Wildman–Crippen MR) is 78.9 cm³/mol. The van der Waals surface area contributed by atoms with Gasteiger partial charge in [0.05, 0.1) is 0 Å². The SMILES string of the molecule is CNCC(c1ccc(SC(C)C)cc1)C(C)C. The molecule has 0 aromatic heterocycles. The third kappa shape index (κ3) is 4.72. The number of rotatable bonds is 6. The zero-order valence-electron chi connectivity index (χ0n) is 11.7. The Bertz CT molecular complexity index is 316. The number of hydrogen-bond donors (Lipinski definition) is 1. The molecule has 0 aliphatic rings. The molecule has 2 heteroatoms. The van der Waals surface area contributed by atoms with Gasteiger partial charge in [0, 0.05) is 16.7 Å². The molecule has 0 saturated carbocycles. The van der Waals surface area contributed by atoms with Crippen LogP contribution in [0.5, 0.6) is 0 Å². The van der Waals surface area contributed by atoms with Crippen molar-refractivity contribution in [1.82, 2.24) is 5.32 Å². The molecule has 1 atom stereocenters. The maximum absolute atomic E-state index is 3.29. The van der Waals surface area contributed by atoms with Crippen molar-refractivity contribution in [2.24, 2.45) is 5.92 Å². The van der Waals surface area contributed by atoms with Gasteiger partial charge in [-0.3, -0.25) is 0 Å². The van der Waals surface area contributed by atoms with Crippen LogP contribution in [-0.4, -0.2) is 18.8 Å². The first-order valence-electron chi connectivity index (χ1n) is 6.45. The molecule has 17 heavy (non-hydrogen) atoms. The fourth-order valence-electron chi connectivity index (χ4n) is 2.02. The zero-order valence-corrected chi connectivity index (χ0v) is 12.5. The van der Waals surface area contributed by atoms with Crippen LogP contribution in [0.1, 0.15) is 39.2 Å². The van der Waals surface area contributed by atoms with Crippen LogP contribution in [0.2, 0.25) is 0 Å². The Morgan fingerprint density at radius 2 is 1.65 bits per heavy atom. The second-order valence-electron chi connectivity index (χ2n) is 5.14. The van der Waals surface area contributed by atoms with E-state index in [9.17, 15) is 0 Å². The maximum atomic E-state index is 3.29. The average molecular weight is 251 g/mol. The molecule has 0 amide bonds. The highest BCUT2D eigenvalue weighted by Gasteiger charge is 2.14. The minimum atomic E-state index is 0.609. The lowest BCUT2D eigenvalue weighted by atomic mass is 9.88. The highest BCUT2D eigenvalue weighted by molar-refractivity contribution is 7.99. The van der Waals surface area contributed by atoms with E-state index in [1.54, 1.807) is 0 Å². The van der Waals surface area contributed by atoms with E-state index in [-0.39, 0.29) is 0 Å². The largest absolute Gasteiger partial charge is 0.319 e. The molecule has 0 spiro atoms. The first-order valence-corrected chi connectivity index (χ1v) is 7.33. The molecular formula is C15H25NS. The summed E-state index contributed by atoms with van der Waals surface area (Å²) in [5.41, 5.74) is 1.45. The molecule has 1 aromatic rings. The summed E-state index contributed by atoms with van der Waals surface area (Å²) >= 11 is 1.92. The first-order chi connectivity index (χ1) is 8.04. The number of nitrogens with one attached hydrogen (secondary N) is 1. The lowest BCUT2D eigenvalue weighted by Gasteiger charge is -2.21. The van der Waals surface area contributed by atoms with Gasteiger partial charge >= 0.3 is 0 Å². The van der Waals surface area contributed by atoms with Crippen LogP contribution >= 0.6 is 11.8 Å². The summed E-state index contributed by atoms with van der Waals surface area (Å²) in [5.74, 6) is 1.28.